The van der Waals surface area contributed by atoms with E-state index in [9.17, 15) is 4.79 Å². The lowest BCUT2D eigenvalue weighted by molar-refractivity contribution is 0.205. The smallest absolute Gasteiger partial charge is 0.323 e. The number of hydrogen-bond donors (Lipinski definition) is 1. The van der Waals surface area contributed by atoms with Crippen LogP contribution in [0.4, 0.5) is 10.6 Å². The molecular formula is C12H18N4O2. The normalized spacial score (nSPS) is 22.9. The van der Waals surface area contributed by atoms with Crippen LogP contribution in [0.3, 0.4) is 0 Å². The summed E-state index contributed by atoms with van der Waals surface area (Å²) in [6.07, 6.45) is 2.41. The molecule has 1 fully saturated rings. The number of aromatic nitrogens is 2. The maximum atomic E-state index is 12.1. The van der Waals surface area contributed by atoms with Gasteiger partial charge >= 0.3 is 6.03 Å². The van der Waals surface area contributed by atoms with Gasteiger partial charge in [0.15, 0.2) is 0 Å². The Bertz CT molecular complexity index is 438. The number of nitrogens with one attached hydrogen (secondary N) is 1. The van der Waals surface area contributed by atoms with Gasteiger partial charge in [-0.2, -0.15) is 0 Å². The summed E-state index contributed by atoms with van der Waals surface area (Å²) in [5.41, 5.74) is 0. The molecule has 1 aromatic heterocycles. The van der Waals surface area contributed by atoms with Gasteiger partial charge in [-0.25, -0.2) is 14.8 Å². The fourth-order valence-electron chi connectivity index (χ4n) is 2.08. The van der Waals surface area contributed by atoms with Crippen molar-refractivity contribution in [2.45, 2.75) is 26.3 Å². The number of urea groups is 1. The fourth-order valence-corrected chi connectivity index (χ4v) is 2.08. The lowest BCUT2D eigenvalue weighted by Gasteiger charge is -2.23. The first-order valence-electron chi connectivity index (χ1n) is 6.05. The number of carbonyl (C=O) groups is 1. The lowest BCUT2D eigenvalue weighted by Crippen LogP contribution is -2.38. The van der Waals surface area contributed by atoms with Crippen LogP contribution in [-0.4, -0.2) is 40.6 Å². The molecule has 1 aromatic rings. The first-order chi connectivity index (χ1) is 8.61. The van der Waals surface area contributed by atoms with Crippen molar-refractivity contribution in [3.8, 4) is 5.88 Å². The molecule has 1 N–H and O–H groups in total. The molecule has 2 heterocycles. The summed E-state index contributed by atoms with van der Waals surface area (Å²) in [6, 6.07) is 1.74. The van der Waals surface area contributed by atoms with E-state index in [0.717, 1.165) is 13.0 Å². The van der Waals surface area contributed by atoms with Crippen LogP contribution in [-0.2, 0) is 0 Å². The largest absolute Gasteiger partial charge is 0.481 e. The number of carbonyl (C=O) groups excluding carboxylic acids is 1. The summed E-state index contributed by atoms with van der Waals surface area (Å²) in [5, 5.41) is 2.77. The topological polar surface area (TPSA) is 67.3 Å². The predicted octanol–water partition coefficient (Wildman–Crippen LogP) is 1.75. The number of anilines is 1. The van der Waals surface area contributed by atoms with Gasteiger partial charge in [0.1, 0.15) is 12.1 Å². The van der Waals surface area contributed by atoms with Crippen LogP contribution in [0.2, 0.25) is 0 Å². The molecule has 0 bridgehead atoms. The minimum Gasteiger partial charge on any atom is -0.481 e. The summed E-state index contributed by atoms with van der Waals surface area (Å²) >= 11 is 0. The molecule has 0 aromatic carbocycles. The van der Waals surface area contributed by atoms with Crippen molar-refractivity contribution in [1.82, 2.24) is 14.9 Å². The lowest BCUT2D eigenvalue weighted by atomic mass is 10.1. The van der Waals surface area contributed by atoms with Crippen molar-refractivity contribution in [2.24, 2.45) is 5.92 Å². The molecule has 0 spiro atoms. The second-order valence-electron chi connectivity index (χ2n) is 4.58. The molecule has 6 nitrogen and oxygen atoms in total. The Hall–Kier alpha value is -1.85. The van der Waals surface area contributed by atoms with E-state index in [1.165, 1.54) is 13.4 Å². The van der Waals surface area contributed by atoms with Crippen molar-refractivity contribution in [3.05, 3.63) is 12.4 Å². The fraction of sp³-hybridized carbons (Fsp3) is 0.583. The van der Waals surface area contributed by atoms with Crippen molar-refractivity contribution in [3.63, 3.8) is 0 Å². The molecule has 2 atom stereocenters. The number of likely N-dealkylation sites (tertiary alicyclic amines) is 1. The quantitative estimate of drug-likeness (QED) is 0.868. The third-order valence-corrected chi connectivity index (χ3v) is 3.49. The Balaban J connectivity index is 2.02. The predicted molar refractivity (Wildman–Crippen MR) is 67.6 cm³/mol. The Morgan fingerprint density at radius 1 is 1.50 bits per heavy atom. The number of nitrogens with zero attached hydrogens (tertiary/aromatic N) is 3. The number of rotatable bonds is 2. The molecule has 6 heteroatoms. The van der Waals surface area contributed by atoms with Crippen LogP contribution >= 0.6 is 0 Å². The van der Waals surface area contributed by atoms with E-state index in [1.54, 1.807) is 6.07 Å². The average Bonchev–Trinajstić information content (AvgIpc) is 2.70. The summed E-state index contributed by atoms with van der Waals surface area (Å²) in [4.78, 5) is 21.8. The molecule has 18 heavy (non-hydrogen) atoms. The van der Waals surface area contributed by atoms with Crippen molar-refractivity contribution in [2.75, 3.05) is 19.0 Å². The maximum absolute atomic E-state index is 12.1. The van der Waals surface area contributed by atoms with Gasteiger partial charge in [-0.05, 0) is 19.3 Å². The van der Waals surface area contributed by atoms with E-state index in [1.807, 2.05) is 4.90 Å². The van der Waals surface area contributed by atoms with Crippen LogP contribution in [0.25, 0.3) is 0 Å². The van der Waals surface area contributed by atoms with Gasteiger partial charge in [-0.1, -0.05) is 6.92 Å². The van der Waals surface area contributed by atoms with E-state index in [2.05, 4.69) is 29.1 Å². The zero-order chi connectivity index (χ0) is 13.1. The monoisotopic (exact) mass is 250 g/mol. The van der Waals surface area contributed by atoms with E-state index in [4.69, 9.17) is 4.74 Å². The molecule has 1 aliphatic heterocycles. The standard InChI is InChI=1S/C12H18N4O2/c1-8-4-5-16(9(8)2)12(17)15-10-6-11(18-3)14-7-13-10/h6-9H,4-5H2,1-3H3,(H,13,14,15,17)/t8-,9-/m1/s1. The van der Waals surface area contributed by atoms with Gasteiger partial charge in [0.25, 0.3) is 0 Å². The van der Waals surface area contributed by atoms with Crippen LogP contribution in [0.15, 0.2) is 12.4 Å². The summed E-state index contributed by atoms with van der Waals surface area (Å²) in [6.45, 7) is 5.01. The molecular weight excluding hydrogens is 232 g/mol. The van der Waals surface area contributed by atoms with Crippen LogP contribution in [0.5, 0.6) is 5.88 Å². The number of methoxy groups -OCH3 is 1. The first kappa shape index (κ1) is 12.6. The van der Waals surface area contributed by atoms with Crippen molar-refractivity contribution >= 4 is 11.8 Å². The minimum atomic E-state index is -0.118. The maximum Gasteiger partial charge on any atom is 0.323 e. The molecule has 2 rings (SSSR count). The Kier molecular flexibility index (Phi) is 3.64. The highest BCUT2D eigenvalue weighted by atomic mass is 16.5. The summed E-state index contributed by atoms with van der Waals surface area (Å²) in [5.74, 6) is 1.43. The number of hydrogen-bond acceptors (Lipinski definition) is 4. The van der Waals surface area contributed by atoms with Gasteiger partial charge in [0.2, 0.25) is 5.88 Å². The van der Waals surface area contributed by atoms with Gasteiger partial charge in [-0.15, -0.1) is 0 Å². The van der Waals surface area contributed by atoms with Crippen LogP contribution in [0.1, 0.15) is 20.3 Å². The molecule has 0 saturated carbocycles. The highest BCUT2D eigenvalue weighted by Gasteiger charge is 2.31. The molecule has 0 aliphatic carbocycles. The summed E-state index contributed by atoms with van der Waals surface area (Å²) in [7, 11) is 1.53. The Morgan fingerprint density at radius 3 is 2.89 bits per heavy atom. The van der Waals surface area contributed by atoms with E-state index in [0.29, 0.717) is 17.6 Å². The second kappa shape index (κ2) is 5.20. The molecule has 0 radical (unpaired) electrons. The van der Waals surface area contributed by atoms with Crippen LogP contribution in [0, 0.1) is 5.92 Å². The highest BCUT2D eigenvalue weighted by molar-refractivity contribution is 5.88. The van der Waals surface area contributed by atoms with Gasteiger partial charge in [0.05, 0.1) is 7.11 Å². The van der Waals surface area contributed by atoms with E-state index < -0.39 is 0 Å². The average molecular weight is 250 g/mol. The Labute approximate surface area is 106 Å². The van der Waals surface area contributed by atoms with Gasteiger partial charge < -0.3 is 9.64 Å². The second-order valence-corrected chi connectivity index (χ2v) is 4.58. The number of ether oxygens (including phenoxy) is 1. The molecule has 1 saturated heterocycles. The van der Waals surface area contributed by atoms with Crippen molar-refractivity contribution < 1.29 is 9.53 Å². The Morgan fingerprint density at radius 2 is 2.28 bits per heavy atom. The van der Waals surface area contributed by atoms with Gasteiger partial charge in [-0.3, -0.25) is 5.32 Å². The molecule has 98 valence electrons. The zero-order valence-corrected chi connectivity index (χ0v) is 10.9. The SMILES string of the molecule is COc1cc(NC(=O)N2CC[C@@H](C)[C@H]2C)ncn1. The van der Waals surface area contributed by atoms with Gasteiger partial charge in [0, 0.05) is 18.7 Å². The third-order valence-electron chi connectivity index (χ3n) is 3.49. The van der Waals surface area contributed by atoms with Crippen LogP contribution < -0.4 is 10.1 Å². The summed E-state index contributed by atoms with van der Waals surface area (Å²) < 4.78 is 4.98. The third kappa shape index (κ3) is 2.52. The van der Waals surface area contributed by atoms with E-state index >= 15 is 0 Å². The first-order valence-corrected chi connectivity index (χ1v) is 6.05. The zero-order valence-electron chi connectivity index (χ0n) is 10.9. The number of amides is 2. The molecule has 1 aliphatic rings. The highest BCUT2D eigenvalue weighted by Crippen LogP contribution is 2.24. The van der Waals surface area contributed by atoms with E-state index in [-0.39, 0.29) is 12.1 Å². The molecule has 2 amide bonds. The molecule has 0 unspecified atom stereocenters. The minimum absolute atomic E-state index is 0.118. The van der Waals surface area contributed by atoms with Crippen molar-refractivity contribution in [1.29, 1.82) is 0 Å².